The molecule has 0 aliphatic heterocycles. The van der Waals surface area contributed by atoms with E-state index in [-0.39, 0.29) is 5.56 Å². The van der Waals surface area contributed by atoms with Crippen molar-refractivity contribution in [1.29, 1.82) is 0 Å². The van der Waals surface area contributed by atoms with Gasteiger partial charge in [0.15, 0.2) is 11.6 Å². The van der Waals surface area contributed by atoms with E-state index < -0.39 is 17.5 Å². The Hall–Kier alpha value is -3.62. The predicted octanol–water partition coefficient (Wildman–Crippen LogP) is 5.98. The third-order valence-corrected chi connectivity index (χ3v) is 5.12. The number of hydrogen-bond acceptors (Lipinski definition) is 2. The average Bonchev–Trinajstić information content (AvgIpc) is 2.79. The lowest BCUT2D eigenvalue weighted by molar-refractivity contribution is 0.184. The minimum absolute atomic E-state index is 0.279. The van der Waals surface area contributed by atoms with Gasteiger partial charge in [0, 0.05) is 24.6 Å². The Bertz CT molecular complexity index is 1320. The highest BCUT2D eigenvalue weighted by atomic mass is 19.2. The predicted molar refractivity (Wildman–Crippen MR) is 119 cm³/mol. The highest BCUT2D eigenvalue weighted by Gasteiger charge is 2.05. The molecule has 0 spiro atoms. The first-order chi connectivity index (χ1) is 15.5. The second-order valence-corrected chi connectivity index (χ2v) is 7.48. The summed E-state index contributed by atoms with van der Waals surface area (Å²) in [6.07, 6.45) is 3.15. The standard InChI is InChI=1S/C27H20F3NO/c1-32-17-20-6-11-24(31-16-20)10-5-19-3-8-21(25(28)13-19)7-2-18-4-9-22-14-26(29)27(30)15-23(22)12-18/h3-4,6,8-9,11-16H,5,10,17H2,1H3. The molecule has 0 fully saturated rings. The number of nitrogens with zero attached hydrogens (tertiary/aromatic N) is 1. The van der Waals surface area contributed by atoms with Gasteiger partial charge in [0.1, 0.15) is 5.82 Å². The van der Waals surface area contributed by atoms with Gasteiger partial charge in [-0.15, -0.1) is 0 Å². The summed E-state index contributed by atoms with van der Waals surface area (Å²) in [6, 6.07) is 16.2. The molecule has 0 saturated carbocycles. The van der Waals surface area contributed by atoms with E-state index in [0.29, 0.717) is 35.8 Å². The topological polar surface area (TPSA) is 22.1 Å². The first-order valence-corrected chi connectivity index (χ1v) is 10.1. The quantitative estimate of drug-likeness (QED) is 0.363. The maximum Gasteiger partial charge on any atom is 0.159 e. The molecule has 0 saturated heterocycles. The largest absolute Gasteiger partial charge is 0.380 e. The Balaban J connectivity index is 1.45. The summed E-state index contributed by atoms with van der Waals surface area (Å²) >= 11 is 0. The molecule has 0 unspecified atom stereocenters. The molecule has 2 nitrogen and oxygen atoms in total. The van der Waals surface area contributed by atoms with Gasteiger partial charge < -0.3 is 4.74 Å². The van der Waals surface area contributed by atoms with E-state index in [0.717, 1.165) is 29.0 Å². The summed E-state index contributed by atoms with van der Waals surface area (Å²) < 4.78 is 46.4. The molecule has 1 heterocycles. The van der Waals surface area contributed by atoms with E-state index in [1.165, 1.54) is 6.07 Å². The molecule has 0 bridgehead atoms. The Kier molecular flexibility index (Phi) is 6.53. The fourth-order valence-corrected chi connectivity index (χ4v) is 3.40. The fraction of sp³-hybridized carbons (Fsp3) is 0.148. The van der Waals surface area contributed by atoms with Gasteiger partial charge in [0.25, 0.3) is 0 Å². The summed E-state index contributed by atoms with van der Waals surface area (Å²) in [4.78, 5) is 4.41. The van der Waals surface area contributed by atoms with Crippen LogP contribution in [0.5, 0.6) is 0 Å². The van der Waals surface area contributed by atoms with Gasteiger partial charge in [-0.1, -0.05) is 30.0 Å². The van der Waals surface area contributed by atoms with Crippen molar-refractivity contribution in [3.05, 3.63) is 112 Å². The molecule has 0 atom stereocenters. The second-order valence-electron chi connectivity index (χ2n) is 7.48. The van der Waals surface area contributed by atoms with Crippen molar-refractivity contribution >= 4 is 10.8 Å². The zero-order valence-corrected chi connectivity index (χ0v) is 17.5. The molecule has 0 aliphatic carbocycles. The molecule has 0 N–H and O–H groups in total. The zero-order valence-electron chi connectivity index (χ0n) is 17.5. The molecule has 0 amide bonds. The molecule has 3 aromatic carbocycles. The number of aromatic nitrogens is 1. The monoisotopic (exact) mass is 431 g/mol. The van der Waals surface area contributed by atoms with Gasteiger partial charge in [-0.2, -0.15) is 0 Å². The Morgan fingerprint density at radius 2 is 1.53 bits per heavy atom. The van der Waals surface area contributed by atoms with E-state index in [9.17, 15) is 13.2 Å². The molecule has 0 aliphatic rings. The Morgan fingerprint density at radius 3 is 2.25 bits per heavy atom. The van der Waals surface area contributed by atoms with Gasteiger partial charge in [0.2, 0.25) is 0 Å². The Labute approximate surface area is 184 Å². The number of ether oxygens (including phenoxy) is 1. The van der Waals surface area contributed by atoms with Crippen molar-refractivity contribution in [3.8, 4) is 11.8 Å². The van der Waals surface area contributed by atoms with Gasteiger partial charge in [-0.3, -0.25) is 4.98 Å². The van der Waals surface area contributed by atoms with E-state index in [2.05, 4.69) is 16.8 Å². The van der Waals surface area contributed by atoms with Crippen LogP contribution in [-0.4, -0.2) is 12.1 Å². The lowest BCUT2D eigenvalue weighted by atomic mass is 10.0. The summed E-state index contributed by atoms with van der Waals surface area (Å²) in [5, 5.41) is 1.11. The third-order valence-electron chi connectivity index (χ3n) is 5.12. The average molecular weight is 431 g/mol. The molecule has 4 rings (SSSR count). The molecular weight excluding hydrogens is 411 g/mol. The molecule has 4 aromatic rings. The highest BCUT2D eigenvalue weighted by Crippen LogP contribution is 2.20. The van der Waals surface area contributed by atoms with Crippen molar-refractivity contribution < 1.29 is 17.9 Å². The lowest BCUT2D eigenvalue weighted by Crippen LogP contribution is -1.97. The maximum absolute atomic E-state index is 14.5. The van der Waals surface area contributed by atoms with Crippen LogP contribution >= 0.6 is 0 Å². The zero-order chi connectivity index (χ0) is 22.5. The van der Waals surface area contributed by atoms with Crippen molar-refractivity contribution in [1.82, 2.24) is 4.98 Å². The van der Waals surface area contributed by atoms with Crippen LogP contribution in [0.2, 0.25) is 0 Å². The van der Waals surface area contributed by atoms with Crippen LogP contribution in [-0.2, 0) is 24.2 Å². The number of pyridine rings is 1. The van der Waals surface area contributed by atoms with Crippen LogP contribution < -0.4 is 0 Å². The van der Waals surface area contributed by atoms with Gasteiger partial charge >= 0.3 is 0 Å². The number of hydrogen-bond donors (Lipinski definition) is 0. The molecule has 1 aromatic heterocycles. The number of aryl methyl sites for hydroxylation is 2. The molecule has 160 valence electrons. The summed E-state index contributed by atoms with van der Waals surface area (Å²) in [5.74, 6) is 3.52. The van der Waals surface area contributed by atoms with E-state index in [4.69, 9.17) is 4.74 Å². The van der Waals surface area contributed by atoms with Crippen molar-refractivity contribution in [2.75, 3.05) is 7.11 Å². The smallest absolute Gasteiger partial charge is 0.159 e. The lowest BCUT2D eigenvalue weighted by Gasteiger charge is -2.05. The number of halogens is 3. The van der Waals surface area contributed by atoms with Crippen LogP contribution in [0.4, 0.5) is 13.2 Å². The minimum Gasteiger partial charge on any atom is -0.380 e. The van der Waals surface area contributed by atoms with Crippen molar-refractivity contribution in [2.24, 2.45) is 0 Å². The van der Waals surface area contributed by atoms with Gasteiger partial charge in [-0.25, -0.2) is 13.2 Å². The van der Waals surface area contributed by atoms with Crippen molar-refractivity contribution in [3.63, 3.8) is 0 Å². The number of rotatable bonds is 5. The summed E-state index contributed by atoms with van der Waals surface area (Å²) in [5.41, 5.74) is 3.67. The SMILES string of the molecule is COCc1ccc(CCc2ccc(C#Cc3ccc4cc(F)c(F)cc4c3)c(F)c2)nc1. The first kappa shape index (κ1) is 21.6. The molecule has 32 heavy (non-hydrogen) atoms. The van der Waals surface area contributed by atoms with Gasteiger partial charge in [-0.05, 0) is 77.2 Å². The molecule has 5 heteroatoms. The second kappa shape index (κ2) is 9.67. The fourth-order valence-electron chi connectivity index (χ4n) is 3.40. The summed E-state index contributed by atoms with van der Waals surface area (Å²) in [6.45, 7) is 0.523. The van der Waals surface area contributed by atoms with Crippen LogP contribution in [0.3, 0.4) is 0 Å². The molecule has 0 radical (unpaired) electrons. The van der Waals surface area contributed by atoms with Gasteiger partial charge in [0.05, 0.1) is 12.2 Å². The third kappa shape index (κ3) is 5.16. The maximum atomic E-state index is 14.5. The highest BCUT2D eigenvalue weighted by molar-refractivity contribution is 5.84. The van der Waals surface area contributed by atoms with E-state index in [1.807, 2.05) is 18.2 Å². The normalized spacial score (nSPS) is 10.8. The van der Waals surface area contributed by atoms with Crippen LogP contribution in [0.25, 0.3) is 10.8 Å². The number of fused-ring (bicyclic) bond motifs is 1. The number of benzene rings is 3. The number of methoxy groups -OCH3 is 1. The minimum atomic E-state index is -0.912. The summed E-state index contributed by atoms with van der Waals surface area (Å²) in [7, 11) is 1.64. The van der Waals surface area contributed by atoms with E-state index in [1.54, 1.807) is 37.6 Å². The Morgan fingerprint density at radius 1 is 0.750 bits per heavy atom. The van der Waals surface area contributed by atoms with Crippen LogP contribution in [0.15, 0.2) is 66.9 Å². The van der Waals surface area contributed by atoms with Crippen LogP contribution in [0, 0.1) is 29.3 Å². The van der Waals surface area contributed by atoms with E-state index >= 15 is 0 Å². The van der Waals surface area contributed by atoms with Crippen LogP contribution in [0.1, 0.15) is 27.9 Å². The molecular formula is C27H20F3NO. The first-order valence-electron chi connectivity index (χ1n) is 10.1. The van der Waals surface area contributed by atoms with Crippen molar-refractivity contribution in [2.45, 2.75) is 19.4 Å².